The van der Waals surface area contributed by atoms with Crippen LogP contribution in [0.25, 0.3) is 0 Å². The zero-order valence-electron chi connectivity index (χ0n) is 11.5. The molecule has 2 rings (SSSR count). The number of thioether (sulfide) groups is 1. The van der Waals surface area contributed by atoms with Crippen molar-refractivity contribution in [2.24, 2.45) is 0 Å². The van der Waals surface area contributed by atoms with Crippen molar-refractivity contribution >= 4 is 11.8 Å². The number of nitrogens with zero attached hydrogens (tertiary/aromatic N) is 1. The molecule has 0 bridgehead atoms. The minimum Gasteiger partial charge on any atom is -0.291 e. The fourth-order valence-electron chi connectivity index (χ4n) is 2.56. The minimum atomic E-state index is 0.688. The Labute approximate surface area is 116 Å². The molecule has 1 aliphatic heterocycles. The maximum absolute atomic E-state index is 2.71. The van der Waals surface area contributed by atoms with Crippen molar-refractivity contribution in [2.75, 3.05) is 13.1 Å². The molecular weight excluding hydrogens is 238 g/mol. The van der Waals surface area contributed by atoms with Crippen LogP contribution in [0.1, 0.15) is 45.4 Å². The number of rotatable bonds is 6. The third kappa shape index (κ3) is 4.33. The van der Waals surface area contributed by atoms with Crippen LogP contribution in [0.4, 0.5) is 0 Å². The number of likely N-dealkylation sites (tertiary alicyclic amines) is 1. The third-order valence-corrected chi connectivity index (χ3v) is 4.97. The van der Waals surface area contributed by atoms with Crippen molar-refractivity contribution in [1.29, 1.82) is 0 Å². The van der Waals surface area contributed by atoms with E-state index in [9.17, 15) is 0 Å². The molecule has 0 aromatic heterocycles. The lowest BCUT2D eigenvalue weighted by molar-refractivity contribution is 0.205. The molecule has 1 nitrogen and oxygen atoms in total. The minimum absolute atomic E-state index is 0.688. The van der Waals surface area contributed by atoms with E-state index in [-0.39, 0.29) is 0 Å². The molecule has 1 unspecified atom stereocenters. The fraction of sp³-hybridized carbons (Fsp3) is 0.625. The van der Waals surface area contributed by atoms with Gasteiger partial charge in [-0.3, -0.25) is 4.90 Å². The van der Waals surface area contributed by atoms with E-state index < -0.39 is 0 Å². The van der Waals surface area contributed by atoms with E-state index in [4.69, 9.17) is 0 Å². The zero-order chi connectivity index (χ0) is 12.6. The summed E-state index contributed by atoms with van der Waals surface area (Å²) in [6, 6.07) is 10.9. The van der Waals surface area contributed by atoms with Gasteiger partial charge in [-0.1, -0.05) is 44.4 Å². The van der Waals surface area contributed by atoms with E-state index in [1.165, 1.54) is 56.5 Å². The van der Waals surface area contributed by atoms with Crippen molar-refractivity contribution in [3.05, 3.63) is 30.3 Å². The molecule has 2 heteroatoms. The lowest BCUT2D eigenvalue weighted by atomic mass is 10.1. The van der Waals surface area contributed by atoms with E-state index in [1.807, 2.05) is 0 Å². The van der Waals surface area contributed by atoms with Crippen LogP contribution >= 0.6 is 11.8 Å². The lowest BCUT2D eigenvalue weighted by Gasteiger charge is -2.34. The highest BCUT2D eigenvalue weighted by Crippen LogP contribution is 2.30. The Morgan fingerprint density at radius 2 is 1.83 bits per heavy atom. The summed E-state index contributed by atoms with van der Waals surface area (Å²) in [4.78, 5) is 4.13. The van der Waals surface area contributed by atoms with Crippen LogP contribution in [0.5, 0.6) is 0 Å². The van der Waals surface area contributed by atoms with Crippen molar-refractivity contribution in [1.82, 2.24) is 4.90 Å². The van der Waals surface area contributed by atoms with Gasteiger partial charge in [-0.25, -0.2) is 0 Å². The number of piperidine rings is 1. The number of unbranched alkanes of at least 4 members (excludes halogenated alkanes) is 1. The Balaban J connectivity index is 1.95. The van der Waals surface area contributed by atoms with Gasteiger partial charge in [-0.2, -0.15) is 0 Å². The van der Waals surface area contributed by atoms with Crippen LogP contribution in [0.2, 0.25) is 0 Å². The largest absolute Gasteiger partial charge is 0.291 e. The molecule has 1 heterocycles. The lowest BCUT2D eigenvalue weighted by Crippen LogP contribution is -2.37. The quantitative estimate of drug-likeness (QED) is 0.679. The van der Waals surface area contributed by atoms with Crippen molar-refractivity contribution in [2.45, 2.75) is 55.7 Å². The van der Waals surface area contributed by atoms with Gasteiger partial charge in [-0.15, -0.1) is 11.8 Å². The van der Waals surface area contributed by atoms with Gasteiger partial charge in [0.2, 0.25) is 0 Å². The summed E-state index contributed by atoms with van der Waals surface area (Å²) >= 11 is 2.06. The second-order valence-electron chi connectivity index (χ2n) is 5.12. The summed E-state index contributed by atoms with van der Waals surface area (Å²) in [6.45, 7) is 4.89. The molecule has 0 amide bonds. The van der Waals surface area contributed by atoms with Gasteiger partial charge in [0.25, 0.3) is 0 Å². The van der Waals surface area contributed by atoms with Crippen LogP contribution < -0.4 is 0 Å². The van der Waals surface area contributed by atoms with Gasteiger partial charge in [-0.05, 0) is 44.5 Å². The first-order chi connectivity index (χ1) is 8.90. The number of hydrogen-bond donors (Lipinski definition) is 0. The van der Waals surface area contributed by atoms with Crippen molar-refractivity contribution in [3.8, 4) is 0 Å². The summed E-state index contributed by atoms with van der Waals surface area (Å²) in [5.41, 5.74) is 0. The molecular formula is C16H25NS. The highest BCUT2D eigenvalue weighted by molar-refractivity contribution is 7.99. The van der Waals surface area contributed by atoms with Gasteiger partial charge in [0.1, 0.15) is 0 Å². The second kappa shape index (κ2) is 7.85. The fourth-order valence-corrected chi connectivity index (χ4v) is 3.83. The monoisotopic (exact) mass is 263 g/mol. The summed E-state index contributed by atoms with van der Waals surface area (Å²) in [7, 11) is 0. The molecule has 0 spiro atoms. The van der Waals surface area contributed by atoms with Gasteiger partial charge < -0.3 is 0 Å². The molecule has 0 saturated carbocycles. The normalized spacial score (nSPS) is 18.7. The van der Waals surface area contributed by atoms with Crippen LogP contribution in [0.15, 0.2) is 35.2 Å². The van der Waals surface area contributed by atoms with Crippen LogP contribution in [-0.4, -0.2) is 23.4 Å². The molecule has 1 aromatic carbocycles. The molecule has 1 aliphatic rings. The Morgan fingerprint density at radius 1 is 1.11 bits per heavy atom. The summed E-state index contributed by atoms with van der Waals surface area (Å²) in [6.07, 6.45) is 8.18. The van der Waals surface area contributed by atoms with E-state index in [1.54, 1.807) is 0 Å². The topological polar surface area (TPSA) is 3.24 Å². The third-order valence-electron chi connectivity index (χ3n) is 3.62. The Bertz CT molecular complexity index is 319. The van der Waals surface area contributed by atoms with Crippen molar-refractivity contribution in [3.63, 3.8) is 0 Å². The van der Waals surface area contributed by atoms with E-state index in [2.05, 4.69) is 53.9 Å². The molecule has 1 saturated heterocycles. The predicted molar refractivity (Wildman–Crippen MR) is 81.0 cm³/mol. The van der Waals surface area contributed by atoms with Crippen LogP contribution in [0, 0.1) is 0 Å². The Hall–Kier alpha value is -0.470. The maximum Gasteiger partial charge on any atom is 0.0604 e. The summed E-state index contributed by atoms with van der Waals surface area (Å²) in [5, 5.41) is 0.688. The highest BCUT2D eigenvalue weighted by atomic mass is 32.2. The Kier molecular flexibility index (Phi) is 6.09. The second-order valence-corrected chi connectivity index (χ2v) is 6.38. The highest BCUT2D eigenvalue weighted by Gasteiger charge is 2.20. The van der Waals surface area contributed by atoms with Crippen LogP contribution in [0.3, 0.4) is 0 Å². The predicted octanol–water partition coefficient (Wildman–Crippen LogP) is 4.78. The SMILES string of the molecule is CCCCC(Sc1ccccc1)N1CCCCC1. The molecule has 100 valence electrons. The first kappa shape index (κ1) is 14.0. The molecule has 1 fully saturated rings. The van der Waals surface area contributed by atoms with Crippen LogP contribution in [-0.2, 0) is 0 Å². The average Bonchev–Trinajstić information content (AvgIpc) is 2.45. The molecule has 0 radical (unpaired) electrons. The first-order valence-electron chi connectivity index (χ1n) is 7.36. The first-order valence-corrected chi connectivity index (χ1v) is 8.24. The van der Waals surface area contributed by atoms with Gasteiger partial charge in [0, 0.05) is 4.90 Å². The molecule has 1 aromatic rings. The van der Waals surface area contributed by atoms with Gasteiger partial charge >= 0.3 is 0 Å². The number of hydrogen-bond acceptors (Lipinski definition) is 2. The summed E-state index contributed by atoms with van der Waals surface area (Å²) < 4.78 is 0. The average molecular weight is 263 g/mol. The standard InChI is InChI=1S/C16H25NS/c1-2-3-12-16(17-13-8-5-9-14-17)18-15-10-6-4-7-11-15/h4,6-7,10-11,16H,2-3,5,8-9,12-14H2,1H3. The van der Waals surface area contributed by atoms with E-state index in [0.717, 1.165) is 0 Å². The molecule has 0 aliphatic carbocycles. The molecule has 0 N–H and O–H groups in total. The number of benzene rings is 1. The van der Waals surface area contributed by atoms with E-state index in [0.29, 0.717) is 5.37 Å². The maximum atomic E-state index is 2.71. The van der Waals surface area contributed by atoms with Gasteiger partial charge in [0.05, 0.1) is 5.37 Å². The van der Waals surface area contributed by atoms with Crippen molar-refractivity contribution < 1.29 is 0 Å². The molecule has 18 heavy (non-hydrogen) atoms. The van der Waals surface area contributed by atoms with E-state index >= 15 is 0 Å². The Morgan fingerprint density at radius 3 is 2.50 bits per heavy atom. The summed E-state index contributed by atoms with van der Waals surface area (Å²) in [5.74, 6) is 0. The smallest absolute Gasteiger partial charge is 0.0604 e. The van der Waals surface area contributed by atoms with Gasteiger partial charge in [0.15, 0.2) is 0 Å². The zero-order valence-corrected chi connectivity index (χ0v) is 12.3. The molecule has 1 atom stereocenters.